The molecule has 0 fully saturated rings. The predicted molar refractivity (Wildman–Crippen MR) is 369 cm³/mol. The maximum Gasteiger partial charge on any atom is 0.361 e. The van der Waals surface area contributed by atoms with Gasteiger partial charge in [-0.05, 0) is 64.2 Å². The van der Waals surface area contributed by atoms with Crippen molar-refractivity contribution in [3.63, 3.8) is 0 Å². The third kappa shape index (κ3) is 68.2. The molecule has 0 saturated carbocycles. The van der Waals surface area contributed by atoms with Crippen LogP contribution in [0.1, 0.15) is 341 Å². The fraction of sp³-hybridized carbons (Fsp3) is 0.805. The number of rotatable bonds is 68. The van der Waals surface area contributed by atoms with Gasteiger partial charge in [-0.2, -0.15) is 0 Å². The number of ether oxygens (including phenoxy) is 4. The minimum atomic E-state index is -1.51. The van der Waals surface area contributed by atoms with E-state index in [4.69, 9.17) is 18.9 Å². The molecular weight excluding hydrogens is 1070 g/mol. The third-order valence-corrected chi connectivity index (χ3v) is 16.2. The summed E-state index contributed by atoms with van der Waals surface area (Å²) >= 11 is 0. The van der Waals surface area contributed by atoms with E-state index in [2.05, 4.69) is 86.8 Å². The van der Waals surface area contributed by atoms with Crippen LogP contribution in [0, 0.1) is 0 Å². The number of carboxylic acids is 1. The average Bonchev–Trinajstić information content (AvgIpc) is 3.64. The van der Waals surface area contributed by atoms with Gasteiger partial charge in [0.05, 0.1) is 34.4 Å². The molecule has 2 unspecified atom stereocenters. The van der Waals surface area contributed by atoms with Crippen LogP contribution in [0.4, 0.5) is 0 Å². The molecule has 0 aliphatic carbocycles. The third-order valence-electron chi connectivity index (χ3n) is 16.2. The van der Waals surface area contributed by atoms with E-state index in [0.29, 0.717) is 23.9 Å². The van der Waals surface area contributed by atoms with Crippen LogP contribution in [-0.2, 0) is 33.3 Å². The molecule has 0 heterocycles. The van der Waals surface area contributed by atoms with Crippen LogP contribution in [0.2, 0.25) is 0 Å². The molecule has 0 amide bonds. The number of carbonyl (C=O) groups is 3. The molecule has 9 nitrogen and oxygen atoms in total. The van der Waals surface area contributed by atoms with Crippen molar-refractivity contribution in [3.8, 4) is 0 Å². The summed E-state index contributed by atoms with van der Waals surface area (Å²) in [6, 6.07) is 0. The molecule has 0 aliphatic heterocycles. The zero-order valence-corrected chi connectivity index (χ0v) is 57.2. The Morgan fingerprint density at radius 3 is 0.988 bits per heavy atom. The van der Waals surface area contributed by atoms with Gasteiger partial charge in [-0.15, -0.1) is 0 Å². The van der Waals surface area contributed by atoms with E-state index in [1.54, 1.807) is 0 Å². The second-order valence-electron chi connectivity index (χ2n) is 25.9. The van der Waals surface area contributed by atoms with Gasteiger partial charge in [0.25, 0.3) is 6.29 Å². The Balaban J connectivity index is 4.07. The molecule has 0 aromatic rings. The molecule has 500 valence electrons. The van der Waals surface area contributed by atoms with Gasteiger partial charge in [0.15, 0.2) is 6.10 Å². The number of likely N-dealkylation sites (N-methyl/N-ethyl adjacent to an activating group) is 1. The number of allylic oxidation sites excluding steroid dienone is 12. The van der Waals surface area contributed by atoms with Crippen LogP contribution < -0.4 is 0 Å². The van der Waals surface area contributed by atoms with Crippen molar-refractivity contribution in [2.45, 2.75) is 354 Å². The zero-order chi connectivity index (χ0) is 62.6. The van der Waals surface area contributed by atoms with Crippen LogP contribution in [0.15, 0.2) is 72.9 Å². The standard InChI is InChI=1S/C77H139NO8/c1-6-8-10-12-14-16-18-20-22-24-26-28-30-32-34-36-37-38-40-41-43-45-47-49-51-53-55-57-59-61-63-65-67-74(79)84-71-73(72-85-77(76(81)82)83-70-69-78(3,4)5)86-75(80)68-66-64-62-60-58-56-54-52-50-48-46-44-42-39-35-33-31-29-27-25-23-21-19-17-15-13-11-9-7-2/h9,11,15,17,21,23,27,29,33,35,42,44,73,77H,6-8,10,12-14,16,18-20,22,24-26,28,30-32,34,36-41,43,45-72H2,1-5H3/p+1/b11-9-,17-15-,23-21-,29-27-,35-33-,44-42-. The first kappa shape index (κ1) is 82.7. The highest BCUT2D eigenvalue weighted by atomic mass is 16.7. The minimum absolute atomic E-state index is 0.183. The molecule has 0 rings (SSSR count). The molecule has 0 saturated heterocycles. The lowest BCUT2D eigenvalue weighted by Crippen LogP contribution is -2.40. The first-order valence-corrected chi connectivity index (χ1v) is 36.6. The van der Waals surface area contributed by atoms with Gasteiger partial charge in [0.1, 0.15) is 13.2 Å². The van der Waals surface area contributed by atoms with Gasteiger partial charge >= 0.3 is 17.9 Å². The highest BCUT2D eigenvalue weighted by Gasteiger charge is 2.25. The number of unbranched alkanes of at least 4 members (excludes halogenated alkanes) is 41. The number of carbonyl (C=O) groups excluding carboxylic acids is 2. The maximum absolute atomic E-state index is 13.0. The number of esters is 2. The lowest BCUT2D eigenvalue weighted by Gasteiger charge is -2.25. The second-order valence-corrected chi connectivity index (χ2v) is 25.9. The molecule has 0 bridgehead atoms. The summed E-state index contributed by atoms with van der Waals surface area (Å²) in [6.45, 7) is 4.81. The topological polar surface area (TPSA) is 108 Å². The smallest absolute Gasteiger partial charge is 0.361 e. The van der Waals surface area contributed by atoms with Crippen molar-refractivity contribution in [2.24, 2.45) is 0 Å². The Bertz CT molecular complexity index is 1640. The van der Waals surface area contributed by atoms with Crippen LogP contribution >= 0.6 is 0 Å². The van der Waals surface area contributed by atoms with Crippen molar-refractivity contribution >= 4 is 17.9 Å². The number of nitrogens with zero attached hydrogens (tertiary/aromatic N) is 1. The molecule has 86 heavy (non-hydrogen) atoms. The first-order valence-electron chi connectivity index (χ1n) is 36.6. The lowest BCUT2D eigenvalue weighted by atomic mass is 10.0. The van der Waals surface area contributed by atoms with E-state index in [1.807, 2.05) is 21.1 Å². The molecular formula is C77H140NO8+. The zero-order valence-electron chi connectivity index (χ0n) is 57.2. The Morgan fingerprint density at radius 2 is 0.663 bits per heavy atom. The SMILES string of the molecule is CC/C=C\C/C=C\C/C=C\C/C=C\C/C=C\C/C=C\CCCCCCCCCCCCC(=O)OC(COC(=O)CCCCCCCCCCCCCCCCCCCCCCCCCCCCCCCCCC)COC(OCC[N+](C)(C)C)C(=O)O. The van der Waals surface area contributed by atoms with Gasteiger partial charge in [-0.25, -0.2) is 4.79 Å². The van der Waals surface area contributed by atoms with Crippen LogP contribution in [0.5, 0.6) is 0 Å². The largest absolute Gasteiger partial charge is 0.477 e. The molecule has 0 spiro atoms. The first-order chi connectivity index (χ1) is 42.1. The lowest BCUT2D eigenvalue weighted by molar-refractivity contribution is -0.870. The summed E-state index contributed by atoms with van der Waals surface area (Å²) in [5.74, 6) is -1.99. The van der Waals surface area contributed by atoms with Crippen molar-refractivity contribution in [1.82, 2.24) is 0 Å². The number of hydrogen-bond acceptors (Lipinski definition) is 7. The van der Waals surface area contributed by atoms with Crippen molar-refractivity contribution in [1.29, 1.82) is 0 Å². The minimum Gasteiger partial charge on any atom is -0.477 e. The molecule has 0 aromatic heterocycles. The summed E-state index contributed by atoms with van der Waals surface area (Å²) in [7, 11) is 5.98. The Hall–Kier alpha value is -3.27. The van der Waals surface area contributed by atoms with E-state index in [-0.39, 0.29) is 32.2 Å². The number of hydrogen-bond donors (Lipinski definition) is 1. The van der Waals surface area contributed by atoms with Gasteiger partial charge in [0, 0.05) is 12.8 Å². The fourth-order valence-corrected chi connectivity index (χ4v) is 10.7. The van der Waals surface area contributed by atoms with E-state index in [1.165, 1.54) is 225 Å². The normalized spacial score (nSPS) is 13.1. The predicted octanol–water partition coefficient (Wildman–Crippen LogP) is 22.9. The van der Waals surface area contributed by atoms with Crippen LogP contribution in [0.25, 0.3) is 0 Å². The average molecular weight is 1210 g/mol. The van der Waals surface area contributed by atoms with Gasteiger partial charge in [0.2, 0.25) is 0 Å². The fourth-order valence-electron chi connectivity index (χ4n) is 10.7. The van der Waals surface area contributed by atoms with Crippen LogP contribution in [-0.4, -0.2) is 87.4 Å². The number of aliphatic carboxylic acids is 1. The monoisotopic (exact) mass is 1210 g/mol. The van der Waals surface area contributed by atoms with Gasteiger partial charge < -0.3 is 28.5 Å². The van der Waals surface area contributed by atoms with E-state index in [9.17, 15) is 19.5 Å². The summed E-state index contributed by atoms with van der Waals surface area (Å²) in [5.41, 5.74) is 0. The molecule has 0 radical (unpaired) electrons. The van der Waals surface area contributed by atoms with E-state index < -0.39 is 24.3 Å². The highest BCUT2D eigenvalue weighted by Crippen LogP contribution is 2.19. The summed E-state index contributed by atoms with van der Waals surface area (Å²) in [5, 5.41) is 9.75. The molecule has 0 aromatic carbocycles. The quantitative estimate of drug-likeness (QED) is 0.0211. The van der Waals surface area contributed by atoms with Crippen LogP contribution in [0.3, 0.4) is 0 Å². The number of carboxylic acid groups (broad SMARTS) is 1. The summed E-state index contributed by atoms with van der Waals surface area (Å²) < 4.78 is 23.0. The highest BCUT2D eigenvalue weighted by molar-refractivity contribution is 5.71. The van der Waals surface area contributed by atoms with Crippen molar-refractivity contribution < 1.29 is 42.9 Å². The van der Waals surface area contributed by atoms with E-state index >= 15 is 0 Å². The second kappa shape index (κ2) is 67.7. The Morgan fingerprint density at radius 1 is 0.360 bits per heavy atom. The molecule has 1 N–H and O–H groups in total. The number of quaternary nitrogens is 1. The van der Waals surface area contributed by atoms with E-state index in [0.717, 1.165) is 83.5 Å². The molecule has 2 atom stereocenters. The molecule has 9 heteroatoms. The summed E-state index contributed by atoms with van der Waals surface area (Å²) in [4.78, 5) is 37.7. The Kier molecular flexibility index (Phi) is 65.1. The van der Waals surface area contributed by atoms with Gasteiger partial charge in [-0.1, -0.05) is 337 Å². The summed E-state index contributed by atoms with van der Waals surface area (Å²) in [6.07, 6.45) is 87.4. The Labute approximate surface area is 532 Å². The van der Waals surface area contributed by atoms with Crippen molar-refractivity contribution in [2.75, 3.05) is 47.5 Å². The van der Waals surface area contributed by atoms with Gasteiger partial charge in [-0.3, -0.25) is 9.59 Å². The maximum atomic E-state index is 13.0. The van der Waals surface area contributed by atoms with Crippen molar-refractivity contribution in [3.05, 3.63) is 72.9 Å². The molecule has 0 aliphatic rings.